The van der Waals surface area contributed by atoms with Crippen LogP contribution in [0.4, 0.5) is 11.4 Å². The van der Waals surface area contributed by atoms with E-state index in [-0.39, 0.29) is 30.1 Å². The van der Waals surface area contributed by atoms with E-state index in [9.17, 15) is 9.59 Å². The highest BCUT2D eigenvalue weighted by molar-refractivity contribution is 9.10. The van der Waals surface area contributed by atoms with Crippen molar-refractivity contribution in [1.29, 1.82) is 0 Å². The van der Waals surface area contributed by atoms with Crippen LogP contribution in [-0.2, 0) is 18.9 Å². The van der Waals surface area contributed by atoms with E-state index in [0.29, 0.717) is 12.8 Å². The Morgan fingerprint density at radius 1 is 0.794 bits per heavy atom. The third-order valence-electron chi connectivity index (χ3n) is 6.97. The van der Waals surface area contributed by atoms with E-state index in [0.717, 1.165) is 47.2 Å². The van der Waals surface area contributed by atoms with Gasteiger partial charge in [0.1, 0.15) is 0 Å². The molecule has 3 fully saturated rings. The molecule has 0 saturated carbocycles. The van der Waals surface area contributed by atoms with Crippen molar-refractivity contribution in [3.8, 4) is 0 Å². The fourth-order valence-electron chi connectivity index (χ4n) is 4.30. The van der Waals surface area contributed by atoms with Crippen molar-refractivity contribution in [2.75, 3.05) is 22.9 Å². The fourth-order valence-corrected chi connectivity index (χ4v) is 4.69. The first-order valence-corrected chi connectivity index (χ1v) is 12.7. The van der Waals surface area contributed by atoms with Gasteiger partial charge in [0.05, 0.1) is 11.2 Å². The van der Waals surface area contributed by atoms with E-state index in [2.05, 4.69) is 15.9 Å². The lowest BCUT2D eigenvalue weighted by Gasteiger charge is -2.32. The van der Waals surface area contributed by atoms with Gasteiger partial charge in [0.2, 0.25) is 11.8 Å². The minimum absolute atomic E-state index is 0.195. The van der Waals surface area contributed by atoms with Crippen molar-refractivity contribution in [1.82, 2.24) is 0 Å². The smallest absolute Gasteiger partial charge is 0.399 e. The molecule has 5 rings (SSSR count). The molecular formula is C26H32BBrN2O4. The SMILES string of the molecule is CC1(C)OB(c2cccc(N3CCCC3=O)c2)OC1(C)C.O=C1CCCN1c1cccc(Br)c1. The summed E-state index contributed by atoms with van der Waals surface area (Å²) in [6.45, 7) is 9.82. The van der Waals surface area contributed by atoms with Gasteiger partial charge >= 0.3 is 7.12 Å². The van der Waals surface area contributed by atoms with Crippen LogP contribution in [0.2, 0.25) is 0 Å². The van der Waals surface area contributed by atoms with Crippen molar-refractivity contribution in [3.05, 3.63) is 53.0 Å². The van der Waals surface area contributed by atoms with E-state index in [1.165, 1.54) is 0 Å². The third kappa shape index (κ3) is 5.24. The summed E-state index contributed by atoms with van der Waals surface area (Å²) in [5, 5.41) is 0. The van der Waals surface area contributed by atoms with Crippen molar-refractivity contribution in [2.45, 2.75) is 64.6 Å². The van der Waals surface area contributed by atoms with E-state index in [1.54, 1.807) is 0 Å². The van der Waals surface area contributed by atoms with Gasteiger partial charge in [0.15, 0.2) is 0 Å². The zero-order chi connectivity index (χ0) is 24.5. The predicted octanol–water partition coefficient (Wildman–Crippen LogP) is 4.69. The molecule has 180 valence electrons. The monoisotopic (exact) mass is 526 g/mol. The van der Waals surface area contributed by atoms with E-state index in [1.807, 2.05) is 86.0 Å². The molecule has 0 unspecified atom stereocenters. The number of hydrogen-bond donors (Lipinski definition) is 0. The molecule has 8 heteroatoms. The van der Waals surface area contributed by atoms with Gasteiger partial charge in [-0.05, 0) is 76.3 Å². The molecule has 34 heavy (non-hydrogen) atoms. The molecule has 3 heterocycles. The van der Waals surface area contributed by atoms with Crippen LogP contribution in [0.15, 0.2) is 53.0 Å². The van der Waals surface area contributed by atoms with Crippen LogP contribution >= 0.6 is 15.9 Å². The van der Waals surface area contributed by atoms with Gasteiger partial charge in [-0.25, -0.2) is 0 Å². The number of rotatable bonds is 3. The zero-order valence-corrected chi connectivity index (χ0v) is 21.9. The number of nitrogens with zero attached hydrogens (tertiary/aromatic N) is 2. The Morgan fingerprint density at radius 3 is 1.76 bits per heavy atom. The van der Waals surface area contributed by atoms with Gasteiger partial charge in [-0.2, -0.15) is 0 Å². The summed E-state index contributed by atoms with van der Waals surface area (Å²) in [5.74, 6) is 0.430. The maximum Gasteiger partial charge on any atom is 0.494 e. The number of benzene rings is 2. The largest absolute Gasteiger partial charge is 0.494 e. The number of carbonyl (C=O) groups excluding carboxylic acids is 2. The normalized spacial score (nSPS) is 21.1. The maximum atomic E-state index is 11.9. The van der Waals surface area contributed by atoms with Crippen LogP contribution in [0, 0.1) is 0 Å². The molecular weight excluding hydrogens is 495 g/mol. The second kappa shape index (κ2) is 9.84. The zero-order valence-electron chi connectivity index (χ0n) is 20.3. The second-order valence-corrected chi connectivity index (χ2v) is 10.9. The number of anilines is 2. The molecule has 0 aliphatic carbocycles. The average molecular weight is 527 g/mol. The van der Waals surface area contributed by atoms with Gasteiger partial charge in [0, 0.05) is 41.8 Å². The Hall–Kier alpha value is -2.16. The lowest BCUT2D eigenvalue weighted by molar-refractivity contribution is -0.117. The highest BCUT2D eigenvalue weighted by atomic mass is 79.9. The lowest BCUT2D eigenvalue weighted by atomic mass is 9.79. The van der Waals surface area contributed by atoms with Gasteiger partial charge in [-0.15, -0.1) is 0 Å². The average Bonchev–Trinajstić information content (AvgIpc) is 3.46. The van der Waals surface area contributed by atoms with E-state index < -0.39 is 0 Å². The van der Waals surface area contributed by atoms with Crippen LogP contribution < -0.4 is 15.3 Å². The van der Waals surface area contributed by atoms with Gasteiger partial charge in [-0.1, -0.05) is 34.1 Å². The molecule has 0 aromatic heterocycles. The first-order valence-electron chi connectivity index (χ1n) is 11.9. The Balaban J connectivity index is 0.000000180. The van der Waals surface area contributed by atoms with Crippen LogP contribution in [0.5, 0.6) is 0 Å². The molecule has 0 radical (unpaired) electrons. The van der Waals surface area contributed by atoms with Crippen molar-refractivity contribution < 1.29 is 18.9 Å². The van der Waals surface area contributed by atoms with Crippen LogP contribution in [-0.4, -0.2) is 43.2 Å². The predicted molar refractivity (Wildman–Crippen MR) is 139 cm³/mol. The molecule has 3 aliphatic heterocycles. The van der Waals surface area contributed by atoms with E-state index >= 15 is 0 Å². The number of halogens is 1. The summed E-state index contributed by atoms with van der Waals surface area (Å²) in [5.41, 5.74) is 2.20. The number of hydrogen-bond acceptors (Lipinski definition) is 4. The molecule has 2 amide bonds. The minimum Gasteiger partial charge on any atom is -0.399 e. The third-order valence-corrected chi connectivity index (χ3v) is 7.47. The summed E-state index contributed by atoms with van der Waals surface area (Å²) in [7, 11) is -0.382. The highest BCUT2D eigenvalue weighted by Gasteiger charge is 2.51. The summed E-state index contributed by atoms with van der Waals surface area (Å²) in [6, 6.07) is 15.8. The Bertz CT molecular complexity index is 1060. The number of amides is 2. The molecule has 3 saturated heterocycles. The van der Waals surface area contributed by atoms with Gasteiger partial charge in [-0.3, -0.25) is 9.59 Å². The molecule has 3 aliphatic rings. The quantitative estimate of drug-likeness (QED) is 0.544. The van der Waals surface area contributed by atoms with Gasteiger partial charge < -0.3 is 19.1 Å². The maximum absolute atomic E-state index is 11.9. The van der Waals surface area contributed by atoms with Crippen molar-refractivity contribution in [3.63, 3.8) is 0 Å². The summed E-state index contributed by atoms with van der Waals surface area (Å²) in [4.78, 5) is 27.0. The molecule has 6 nitrogen and oxygen atoms in total. The van der Waals surface area contributed by atoms with Crippen LogP contribution in [0.25, 0.3) is 0 Å². The topological polar surface area (TPSA) is 59.1 Å². The molecule has 0 N–H and O–H groups in total. The summed E-state index contributed by atoms with van der Waals surface area (Å²) in [6.07, 6.45) is 3.23. The highest BCUT2D eigenvalue weighted by Crippen LogP contribution is 2.36. The number of carbonyl (C=O) groups is 2. The fraction of sp³-hybridized carbons (Fsp3) is 0.462. The van der Waals surface area contributed by atoms with Crippen molar-refractivity contribution in [2.24, 2.45) is 0 Å². The molecule has 2 aromatic carbocycles. The second-order valence-electron chi connectivity index (χ2n) is 9.96. The Morgan fingerprint density at radius 2 is 1.29 bits per heavy atom. The first-order chi connectivity index (χ1) is 16.1. The molecule has 0 spiro atoms. The summed E-state index contributed by atoms with van der Waals surface area (Å²) >= 11 is 3.39. The van der Waals surface area contributed by atoms with Gasteiger partial charge in [0.25, 0.3) is 0 Å². The molecule has 0 atom stereocenters. The first kappa shape index (κ1) is 25.0. The molecule has 0 bridgehead atoms. The molecule has 2 aromatic rings. The van der Waals surface area contributed by atoms with E-state index in [4.69, 9.17) is 9.31 Å². The Labute approximate surface area is 210 Å². The lowest BCUT2D eigenvalue weighted by Crippen LogP contribution is -2.41. The Kier molecular flexibility index (Phi) is 7.22. The van der Waals surface area contributed by atoms with Crippen LogP contribution in [0.1, 0.15) is 53.4 Å². The van der Waals surface area contributed by atoms with Crippen molar-refractivity contribution >= 4 is 51.7 Å². The minimum atomic E-state index is -0.382. The summed E-state index contributed by atoms with van der Waals surface area (Å²) < 4.78 is 13.2. The van der Waals surface area contributed by atoms with Crippen LogP contribution in [0.3, 0.4) is 0 Å². The standard InChI is InChI=1S/C16H22BNO3.C10H10BrNO/c1-15(2)16(3,4)21-17(20-15)12-7-5-8-13(11-12)18-10-6-9-14(18)19;11-8-3-1-4-9(7-8)12-6-2-5-10(12)13/h5,7-8,11H,6,9-10H2,1-4H3;1,3-4,7H,2,5-6H2.